The maximum atomic E-state index is 12.2. The van der Waals surface area contributed by atoms with Gasteiger partial charge in [0.05, 0.1) is 6.10 Å². The summed E-state index contributed by atoms with van der Waals surface area (Å²) < 4.78 is 36.5. The second-order valence-corrected chi connectivity index (χ2v) is 5.69. The highest BCUT2D eigenvalue weighted by atomic mass is 32.2. The Kier molecular flexibility index (Phi) is 6.20. The zero-order valence-electron chi connectivity index (χ0n) is 11.1. The molecule has 1 nitrogen and oxygen atoms in total. The minimum Gasteiger partial charge on any atom is -0.388 e. The summed E-state index contributed by atoms with van der Waals surface area (Å²) in [6.07, 6.45) is 2.04. The Bertz CT molecular complexity index is 371. The monoisotopic (exact) mass is 292 g/mol. The van der Waals surface area contributed by atoms with Crippen LogP contribution in [0.1, 0.15) is 44.8 Å². The molecule has 1 atom stereocenters. The summed E-state index contributed by atoms with van der Waals surface area (Å²) in [6, 6.07) is 5.95. The molecule has 19 heavy (non-hydrogen) atoms. The van der Waals surface area contributed by atoms with Gasteiger partial charge < -0.3 is 5.11 Å². The van der Waals surface area contributed by atoms with Crippen molar-refractivity contribution in [1.29, 1.82) is 0 Å². The van der Waals surface area contributed by atoms with Gasteiger partial charge in [0.2, 0.25) is 0 Å². The fraction of sp³-hybridized carbons (Fsp3) is 0.571. The van der Waals surface area contributed by atoms with E-state index in [0.717, 1.165) is 12.8 Å². The van der Waals surface area contributed by atoms with Crippen molar-refractivity contribution in [3.63, 3.8) is 0 Å². The van der Waals surface area contributed by atoms with Crippen LogP contribution in [-0.2, 0) is 0 Å². The Labute approximate surface area is 116 Å². The Morgan fingerprint density at radius 3 is 2.05 bits per heavy atom. The van der Waals surface area contributed by atoms with E-state index < -0.39 is 11.6 Å². The van der Waals surface area contributed by atoms with E-state index in [1.807, 2.05) is 0 Å². The Morgan fingerprint density at radius 2 is 1.63 bits per heavy atom. The molecule has 108 valence electrons. The van der Waals surface area contributed by atoms with E-state index in [4.69, 9.17) is 0 Å². The minimum absolute atomic E-state index is 0.138. The molecule has 0 radical (unpaired) electrons. The van der Waals surface area contributed by atoms with Crippen molar-refractivity contribution in [2.45, 2.75) is 49.6 Å². The van der Waals surface area contributed by atoms with E-state index in [1.165, 1.54) is 12.1 Å². The topological polar surface area (TPSA) is 20.2 Å². The number of hydrogen-bond donors (Lipinski definition) is 1. The molecule has 0 bridgehead atoms. The van der Waals surface area contributed by atoms with Crippen molar-refractivity contribution >= 4 is 11.8 Å². The normalized spacial score (nSPS) is 13.8. The number of aliphatic hydroxyl groups excluding tert-OH is 1. The Balaban J connectivity index is 2.65. The van der Waals surface area contributed by atoms with Gasteiger partial charge in [-0.2, -0.15) is 13.2 Å². The van der Waals surface area contributed by atoms with E-state index in [0.29, 0.717) is 17.9 Å². The molecule has 0 aliphatic carbocycles. The third kappa shape index (κ3) is 5.87. The molecule has 0 fully saturated rings. The fourth-order valence-corrected chi connectivity index (χ4v) is 2.50. The molecule has 0 aliphatic heterocycles. The third-order valence-electron chi connectivity index (χ3n) is 3.21. The van der Waals surface area contributed by atoms with E-state index in [1.54, 1.807) is 12.1 Å². The Morgan fingerprint density at radius 1 is 1.11 bits per heavy atom. The van der Waals surface area contributed by atoms with Gasteiger partial charge in [0, 0.05) is 4.90 Å². The standard InChI is InChI=1S/C14H19F3OS/c1-3-10(4-2)9-13(18)11-5-7-12(8-6-11)19-14(15,16)17/h5-8,10,13,18H,3-4,9H2,1-2H3. The van der Waals surface area contributed by atoms with Gasteiger partial charge in [0.25, 0.3) is 0 Å². The zero-order chi connectivity index (χ0) is 14.5. The summed E-state index contributed by atoms with van der Waals surface area (Å²) in [6.45, 7) is 4.15. The van der Waals surface area contributed by atoms with Crippen molar-refractivity contribution < 1.29 is 18.3 Å². The summed E-state index contributed by atoms with van der Waals surface area (Å²) in [7, 11) is 0. The van der Waals surface area contributed by atoms with Crippen LogP contribution in [0.25, 0.3) is 0 Å². The van der Waals surface area contributed by atoms with Crippen molar-refractivity contribution in [2.75, 3.05) is 0 Å². The molecule has 0 aromatic heterocycles. The van der Waals surface area contributed by atoms with E-state index in [2.05, 4.69) is 13.8 Å². The number of aliphatic hydroxyl groups is 1. The van der Waals surface area contributed by atoms with E-state index >= 15 is 0 Å². The van der Waals surface area contributed by atoms with Crippen LogP contribution in [0.4, 0.5) is 13.2 Å². The molecule has 1 rings (SSSR count). The summed E-state index contributed by atoms with van der Waals surface area (Å²) >= 11 is -0.138. The van der Waals surface area contributed by atoms with Crippen molar-refractivity contribution in [3.05, 3.63) is 29.8 Å². The Hall–Kier alpha value is -0.680. The molecule has 1 aromatic carbocycles. The van der Waals surface area contributed by atoms with Crippen molar-refractivity contribution in [1.82, 2.24) is 0 Å². The first-order valence-corrected chi connectivity index (χ1v) is 7.21. The number of halogens is 3. The number of hydrogen-bond acceptors (Lipinski definition) is 2. The van der Waals surface area contributed by atoms with Gasteiger partial charge in [-0.05, 0) is 41.8 Å². The first-order valence-electron chi connectivity index (χ1n) is 6.39. The summed E-state index contributed by atoms with van der Waals surface area (Å²) in [5, 5.41) is 10.0. The molecule has 0 amide bonds. The van der Waals surface area contributed by atoms with Crippen LogP contribution in [0.15, 0.2) is 29.2 Å². The highest BCUT2D eigenvalue weighted by molar-refractivity contribution is 8.00. The van der Waals surface area contributed by atoms with Crippen LogP contribution in [0.5, 0.6) is 0 Å². The lowest BCUT2D eigenvalue weighted by Gasteiger charge is -2.18. The molecule has 0 spiro atoms. The molecule has 5 heteroatoms. The predicted molar refractivity (Wildman–Crippen MR) is 72.0 cm³/mol. The maximum Gasteiger partial charge on any atom is 0.446 e. The SMILES string of the molecule is CCC(CC)CC(O)c1ccc(SC(F)(F)F)cc1. The molecule has 1 unspecified atom stereocenters. The molecule has 0 aliphatic rings. The van der Waals surface area contributed by atoms with Crippen molar-refractivity contribution in [2.24, 2.45) is 5.92 Å². The number of rotatable bonds is 6. The molecular weight excluding hydrogens is 273 g/mol. The highest BCUT2D eigenvalue weighted by Gasteiger charge is 2.29. The van der Waals surface area contributed by atoms with Gasteiger partial charge in [0.15, 0.2) is 0 Å². The van der Waals surface area contributed by atoms with E-state index in [-0.39, 0.29) is 16.7 Å². The quantitative estimate of drug-likeness (QED) is 0.731. The van der Waals surface area contributed by atoms with Gasteiger partial charge in [-0.15, -0.1) is 0 Å². The zero-order valence-corrected chi connectivity index (χ0v) is 11.9. The predicted octanol–water partition coefficient (Wildman–Crippen LogP) is 5.16. The number of alkyl halides is 3. The van der Waals surface area contributed by atoms with Gasteiger partial charge in [-0.25, -0.2) is 0 Å². The van der Waals surface area contributed by atoms with E-state index in [9.17, 15) is 18.3 Å². The van der Waals surface area contributed by atoms with Crippen LogP contribution in [0.3, 0.4) is 0 Å². The van der Waals surface area contributed by atoms with Crippen LogP contribution < -0.4 is 0 Å². The molecule has 0 saturated carbocycles. The minimum atomic E-state index is -4.27. The van der Waals surface area contributed by atoms with Crippen LogP contribution >= 0.6 is 11.8 Å². The average Bonchev–Trinajstić information content (AvgIpc) is 2.34. The number of benzene rings is 1. The van der Waals surface area contributed by atoms with Crippen LogP contribution in [0.2, 0.25) is 0 Å². The third-order valence-corrected chi connectivity index (χ3v) is 3.95. The van der Waals surface area contributed by atoms with Gasteiger partial charge in [-0.3, -0.25) is 0 Å². The molecule has 0 heterocycles. The van der Waals surface area contributed by atoms with Crippen molar-refractivity contribution in [3.8, 4) is 0 Å². The van der Waals surface area contributed by atoms with Gasteiger partial charge in [-0.1, -0.05) is 38.8 Å². The molecule has 1 aromatic rings. The molecular formula is C14H19F3OS. The maximum absolute atomic E-state index is 12.2. The lowest BCUT2D eigenvalue weighted by Crippen LogP contribution is -2.06. The second kappa shape index (κ2) is 7.20. The summed E-state index contributed by atoms with van der Waals surface area (Å²) in [5.74, 6) is 0.444. The fourth-order valence-electron chi connectivity index (χ4n) is 1.97. The first-order chi connectivity index (χ1) is 8.85. The smallest absolute Gasteiger partial charge is 0.388 e. The van der Waals surface area contributed by atoms with Crippen LogP contribution in [-0.4, -0.2) is 10.6 Å². The molecule has 0 saturated heterocycles. The van der Waals surface area contributed by atoms with Crippen LogP contribution in [0, 0.1) is 5.92 Å². The lowest BCUT2D eigenvalue weighted by atomic mass is 9.93. The highest BCUT2D eigenvalue weighted by Crippen LogP contribution is 2.37. The molecule has 1 N–H and O–H groups in total. The average molecular weight is 292 g/mol. The lowest BCUT2D eigenvalue weighted by molar-refractivity contribution is -0.0328. The number of thioether (sulfide) groups is 1. The van der Waals surface area contributed by atoms with Gasteiger partial charge in [0.1, 0.15) is 0 Å². The van der Waals surface area contributed by atoms with Gasteiger partial charge >= 0.3 is 5.51 Å². The second-order valence-electron chi connectivity index (χ2n) is 4.55. The largest absolute Gasteiger partial charge is 0.446 e. The first kappa shape index (κ1) is 16.4. The summed E-state index contributed by atoms with van der Waals surface area (Å²) in [5.41, 5.74) is -3.59. The summed E-state index contributed by atoms with van der Waals surface area (Å²) in [4.78, 5) is 0.144.